The van der Waals surface area contributed by atoms with E-state index in [1.54, 1.807) is 14.2 Å². The second kappa shape index (κ2) is 5.73. The van der Waals surface area contributed by atoms with Crippen LogP contribution in [0.15, 0.2) is 24.3 Å². The molecule has 0 unspecified atom stereocenters. The zero-order chi connectivity index (χ0) is 13.0. The molecule has 1 aliphatic carbocycles. The summed E-state index contributed by atoms with van der Waals surface area (Å²) in [5, 5.41) is 8.66. The zero-order valence-corrected chi connectivity index (χ0v) is 10.7. The molecular formula is C13H19N3O2. The number of hydrogen-bond donors (Lipinski definition) is 3. The smallest absolute Gasteiger partial charge is 0.318 e. The van der Waals surface area contributed by atoms with Crippen LogP contribution in [-0.4, -0.2) is 32.3 Å². The highest BCUT2D eigenvalue weighted by Crippen LogP contribution is 2.26. The molecule has 1 saturated carbocycles. The van der Waals surface area contributed by atoms with Crippen LogP contribution in [0.25, 0.3) is 0 Å². The molecule has 1 aromatic rings. The molecule has 5 nitrogen and oxygen atoms in total. The normalized spacial score (nSPS) is 21.9. The van der Waals surface area contributed by atoms with Crippen LogP contribution >= 0.6 is 0 Å². The van der Waals surface area contributed by atoms with Crippen molar-refractivity contribution in [3.05, 3.63) is 24.3 Å². The highest BCUT2D eigenvalue weighted by molar-refractivity contribution is 5.89. The number of ether oxygens (including phenoxy) is 1. The number of nitrogens with one attached hydrogen (secondary N) is 3. The molecule has 1 fully saturated rings. The van der Waals surface area contributed by atoms with Gasteiger partial charge in [-0.25, -0.2) is 4.79 Å². The Morgan fingerprint density at radius 2 is 1.83 bits per heavy atom. The van der Waals surface area contributed by atoms with Crippen LogP contribution in [0.4, 0.5) is 16.2 Å². The van der Waals surface area contributed by atoms with Gasteiger partial charge < -0.3 is 20.7 Å². The molecule has 98 valence electrons. The van der Waals surface area contributed by atoms with E-state index in [9.17, 15) is 4.79 Å². The summed E-state index contributed by atoms with van der Waals surface area (Å²) in [6.45, 7) is 0. The van der Waals surface area contributed by atoms with Gasteiger partial charge in [0.05, 0.1) is 6.10 Å². The molecule has 18 heavy (non-hydrogen) atoms. The molecule has 0 bridgehead atoms. The summed E-state index contributed by atoms with van der Waals surface area (Å²) in [5.74, 6) is 0. The topological polar surface area (TPSA) is 62.4 Å². The number of carbonyl (C=O) groups is 1. The van der Waals surface area contributed by atoms with Crippen molar-refractivity contribution >= 4 is 17.4 Å². The van der Waals surface area contributed by atoms with Crippen molar-refractivity contribution in [1.82, 2.24) is 5.32 Å². The molecule has 5 heteroatoms. The fourth-order valence-corrected chi connectivity index (χ4v) is 1.96. The lowest BCUT2D eigenvalue weighted by Crippen LogP contribution is -2.40. The minimum absolute atomic E-state index is 0.211. The number of amides is 2. The lowest BCUT2D eigenvalue weighted by molar-refractivity contribution is 0.0329. The van der Waals surface area contributed by atoms with Gasteiger partial charge >= 0.3 is 6.03 Å². The molecule has 0 spiro atoms. The molecular weight excluding hydrogens is 230 g/mol. The molecule has 2 rings (SSSR count). The summed E-state index contributed by atoms with van der Waals surface area (Å²) < 4.78 is 5.23. The van der Waals surface area contributed by atoms with Crippen LogP contribution in [0.5, 0.6) is 0 Å². The van der Waals surface area contributed by atoms with Crippen molar-refractivity contribution in [1.29, 1.82) is 0 Å². The van der Waals surface area contributed by atoms with Crippen molar-refractivity contribution in [2.24, 2.45) is 0 Å². The summed E-state index contributed by atoms with van der Waals surface area (Å²) >= 11 is 0. The molecule has 0 radical (unpaired) electrons. The van der Waals surface area contributed by atoms with Crippen molar-refractivity contribution < 1.29 is 9.53 Å². The molecule has 1 aromatic carbocycles. The van der Waals surface area contributed by atoms with E-state index in [1.165, 1.54) is 0 Å². The first-order valence-corrected chi connectivity index (χ1v) is 6.09. The summed E-state index contributed by atoms with van der Waals surface area (Å²) in [4.78, 5) is 11.1. The van der Waals surface area contributed by atoms with E-state index < -0.39 is 0 Å². The van der Waals surface area contributed by atoms with Crippen molar-refractivity contribution in [3.63, 3.8) is 0 Å². The predicted octanol–water partition coefficient (Wildman–Crippen LogP) is 2.03. The number of methoxy groups -OCH3 is 1. The minimum atomic E-state index is -0.211. The maximum absolute atomic E-state index is 11.1. The standard InChI is InChI=1S/C13H19N3O2/c1-14-13(17)16-10-5-3-9(4-6-10)15-11-7-12(8-11)18-2/h3-6,11-12,15H,7-8H2,1-2H3,(H2,14,16,17). The van der Waals surface area contributed by atoms with E-state index in [2.05, 4.69) is 16.0 Å². The van der Waals surface area contributed by atoms with Crippen LogP contribution in [0.1, 0.15) is 12.8 Å². The fraction of sp³-hybridized carbons (Fsp3) is 0.462. The number of rotatable bonds is 4. The molecule has 2 amide bonds. The summed E-state index contributed by atoms with van der Waals surface area (Å²) in [6, 6.07) is 7.97. The Bertz CT molecular complexity index is 399. The van der Waals surface area contributed by atoms with Crippen molar-refractivity contribution in [2.75, 3.05) is 24.8 Å². The van der Waals surface area contributed by atoms with Gasteiger partial charge in [-0.2, -0.15) is 0 Å². The Labute approximate surface area is 107 Å². The molecule has 0 aromatic heterocycles. The summed E-state index contributed by atoms with van der Waals surface area (Å²) in [6.07, 6.45) is 2.50. The second-order valence-electron chi connectivity index (χ2n) is 4.45. The van der Waals surface area contributed by atoms with Gasteiger partial charge in [0, 0.05) is 31.6 Å². The Hall–Kier alpha value is -1.75. The molecule has 3 N–H and O–H groups in total. The van der Waals surface area contributed by atoms with Gasteiger partial charge in [0.25, 0.3) is 0 Å². The fourth-order valence-electron chi connectivity index (χ4n) is 1.96. The predicted molar refractivity (Wildman–Crippen MR) is 72.0 cm³/mol. The molecule has 0 aliphatic heterocycles. The molecule has 1 aliphatic rings. The quantitative estimate of drug-likeness (QED) is 0.765. The van der Waals surface area contributed by atoms with Gasteiger partial charge in [0.15, 0.2) is 0 Å². The number of carbonyl (C=O) groups excluding carboxylic acids is 1. The van der Waals surface area contributed by atoms with E-state index in [4.69, 9.17) is 4.74 Å². The average molecular weight is 249 g/mol. The highest BCUT2D eigenvalue weighted by Gasteiger charge is 2.28. The number of anilines is 2. The first-order valence-electron chi connectivity index (χ1n) is 6.09. The number of urea groups is 1. The Morgan fingerprint density at radius 1 is 1.22 bits per heavy atom. The third kappa shape index (κ3) is 3.13. The van der Waals surface area contributed by atoms with E-state index in [0.717, 1.165) is 24.2 Å². The monoisotopic (exact) mass is 249 g/mol. The first kappa shape index (κ1) is 12.7. The van der Waals surface area contributed by atoms with Gasteiger partial charge in [0.2, 0.25) is 0 Å². The second-order valence-corrected chi connectivity index (χ2v) is 4.45. The Balaban J connectivity index is 1.83. The highest BCUT2D eigenvalue weighted by atomic mass is 16.5. The van der Waals surface area contributed by atoms with Gasteiger partial charge in [-0.1, -0.05) is 0 Å². The number of benzene rings is 1. The lowest BCUT2D eigenvalue weighted by Gasteiger charge is -2.35. The summed E-state index contributed by atoms with van der Waals surface area (Å²) in [7, 11) is 3.34. The van der Waals surface area contributed by atoms with Gasteiger partial charge in [-0.05, 0) is 37.1 Å². The SMILES string of the molecule is CNC(=O)Nc1ccc(NC2CC(OC)C2)cc1. The third-order valence-electron chi connectivity index (χ3n) is 3.17. The zero-order valence-electron chi connectivity index (χ0n) is 10.7. The molecule has 0 heterocycles. The maximum Gasteiger partial charge on any atom is 0.318 e. The molecule has 0 saturated heterocycles. The van der Waals surface area contributed by atoms with E-state index in [-0.39, 0.29) is 6.03 Å². The van der Waals surface area contributed by atoms with Crippen LogP contribution in [0.3, 0.4) is 0 Å². The van der Waals surface area contributed by atoms with Crippen molar-refractivity contribution in [2.45, 2.75) is 25.0 Å². The average Bonchev–Trinajstić information content (AvgIpc) is 2.35. The van der Waals surface area contributed by atoms with Crippen LogP contribution < -0.4 is 16.0 Å². The molecule has 0 atom stereocenters. The largest absolute Gasteiger partial charge is 0.382 e. The lowest BCUT2D eigenvalue weighted by atomic mass is 9.89. The Morgan fingerprint density at radius 3 is 2.39 bits per heavy atom. The number of hydrogen-bond acceptors (Lipinski definition) is 3. The van der Waals surface area contributed by atoms with E-state index >= 15 is 0 Å². The van der Waals surface area contributed by atoms with Crippen LogP contribution in [0, 0.1) is 0 Å². The van der Waals surface area contributed by atoms with Crippen LogP contribution in [-0.2, 0) is 4.74 Å². The summed E-state index contributed by atoms with van der Waals surface area (Å²) in [5.41, 5.74) is 1.85. The van der Waals surface area contributed by atoms with E-state index in [1.807, 2.05) is 24.3 Å². The van der Waals surface area contributed by atoms with Gasteiger partial charge in [0.1, 0.15) is 0 Å². The van der Waals surface area contributed by atoms with Gasteiger partial charge in [-0.3, -0.25) is 0 Å². The first-order chi connectivity index (χ1) is 8.71. The third-order valence-corrected chi connectivity index (χ3v) is 3.17. The van der Waals surface area contributed by atoms with Crippen molar-refractivity contribution in [3.8, 4) is 0 Å². The van der Waals surface area contributed by atoms with E-state index in [0.29, 0.717) is 12.1 Å². The maximum atomic E-state index is 11.1. The minimum Gasteiger partial charge on any atom is -0.382 e. The van der Waals surface area contributed by atoms with Crippen LogP contribution in [0.2, 0.25) is 0 Å². The Kier molecular flexibility index (Phi) is 4.04. The van der Waals surface area contributed by atoms with Gasteiger partial charge in [-0.15, -0.1) is 0 Å².